The average molecular weight is 178 g/mol. The Kier molecular flexibility index (Phi) is 2.51. The van der Waals surface area contributed by atoms with Gasteiger partial charge in [0.15, 0.2) is 0 Å². The van der Waals surface area contributed by atoms with Crippen LogP contribution in [0.25, 0.3) is 0 Å². The molecule has 0 aliphatic carbocycles. The summed E-state index contributed by atoms with van der Waals surface area (Å²) in [5.41, 5.74) is 0. The molecule has 1 heterocycles. The topological polar surface area (TPSA) is 49.4 Å². The fraction of sp³-hybridized carbons (Fsp3) is 1.00. The van der Waals surface area contributed by atoms with Gasteiger partial charge < -0.3 is 5.32 Å². The molecule has 1 aliphatic heterocycles. The zero-order valence-corrected chi connectivity index (χ0v) is 7.69. The first-order chi connectivity index (χ1) is 5.04. The van der Waals surface area contributed by atoms with Gasteiger partial charge in [-0.05, 0) is 6.92 Å². The van der Waals surface area contributed by atoms with Crippen molar-refractivity contribution in [1.82, 2.24) is 9.62 Å². The van der Waals surface area contributed by atoms with Crippen LogP contribution in [0.2, 0.25) is 0 Å². The van der Waals surface area contributed by atoms with E-state index in [2.05, 4.69) is 5.32 Å². The monoisotopic (exact) mass is 178 g/mol. The molecule has 0 saturated carbocycles. The molecule has 66 valence electrons. The molecule has 1 N–H and O–H groups in total. The minimum atomic E-state index is -2.98. The second-order valence-electron chi connectivity index (χ2n) is 2.89. The van der Waals surface area contributed by atoms with Crippen LogP contribution in [0.3, 0.4) is 0 Å². The first-order valence-electron chi connectivity index (χ1n) is 3.70. The van der Waals surface area contributed by atoms with E-state index in [-0.39, 0.29) is 11.8 Å². The van der Waals surface area contributed by atoms with E-state index in [0.29, 0.717) is 6.54 Å². The van der Waals surface area contributed by atoms with Gasteiger partial charge in [-0.2, -0.15) is 0 Å². The van der Waals surface area contributed by atoms with Crippen molar-refractivity contribution < 1.29 is 8.42 Å². The fourth-order valence-electron chi connectivity index (χ4n) is 1.06. The molecule has 1 fully saturated rings. The normalized spacial score (nSPS) is 33.1. The zero-order valence-electron chi connectivity index (χ0n) is 6.87. The van der Waals surface area contributed by atoms with E-state index in [1.165, 1.54) is 4.31 Å². The standard InChI is InChI=1S/C6H14N2O2S/c1-6-5-7-3-4-11(9,10)8(6)2/h6-7H,3-5H2,1-2H3. The molecule has 1 unspecified atom stereocenters. The molecule has 0 bridgehead atoms. The SMILES string of the molecule is CC1CNCCS(=O)(=O)N1C. The van der Waals surface area contributed by atoms with E-state index in [1.807, 2.05) is 6.92 Å². The number of rotatable bonds is 0. The largest absolute Gasteiger partial charge is 0.314 e. The van der Waals surface area contributed by atoms with Gasteiger partial charge in [-0.15, -0.1) is 0 Å². The van der Waals surface area contributed by atoms with E-state index in [1.54, 1.807) is 7.05 Å². The van der Waals surface area contributed by atoms with Gasteiger partial charge in [0, 0.05) is 26.2 Å². The molecule has 0 spiro atoms. The molecular formula is C6H14N2O2S. The molecule has 0 radical (unpaired) electrons. The maximum absolute atomic E-state index is 11.3. The Hall–Kier alpha value is -0.130. The van der Waals surface area contributed by atoms with Crippen LogP contribution in [0.5, 0.6) is 0 Å². The molecule has 1 rings (SSSR count). The highest BCUT2D eigenvalue weighted by Gasteiger charge is 2.25. The van der Waals surface area contributed by atoms with Crippen LogP contribution in [0, 0.1) is 0 Å². The maximum Gasteiger partial charge on any atom is 0.215 e. The molecule has 1 atom stereocenters. The van der Waals surface area contributed by atoms with Crippen molar-refractivity contribution >= 4 is 10.0 Å². The average Bonchev–Trinajstić information content (AvgIpc) is 2.03. The second-order valence-corrected chi connectivity index (χ2v) is 5.03. The van der Waals surface area contributed by atoms with Crippen LogP contribution < -0.4 is 5.32 Å². The molecule has 4 nitrogen and oxygen atoms in total. The van der Waals surface area contributed by atoms with Gasteiger partial charge in [-0.1, -0.05) is 0 Å². The lowest BCUT2D eigenvalue weighted by atomic mass is 10.3. The number of nitrogens with one attached hydrogen (secondary N) is 1. The summed E-state index contributed by atoms with van der Waals surface area (Å²) in [6.07, 6.45) is 0. The minimum absolute atomic E-state index is 0.0718. The smallest absolute Gasteiger partial charge is 0.215 e. The van der Waals surface area contributed by atoms with Crippen molar-refractivity contribution in [3.8, 4) is 0 Å². The summed E-state index contributed by atoms with van der Waals surface area (Å²) in [7, 11) is -1.34. The van der Waals surface area contributed by atoms with Crippen LogP contribution in [0.1, 0.15) is 6.92 Å². The Morgan fingerprint density at radius 1 is 1.55 bits per heavy atom. The highest BCUT2D eigenvalue weighted by atomic mass is 32.2. The molecule has 1 saturated heterocycles. The van der Waals surface area contributed by atoms with E-state index < -0.39 is 10.0 Å². The Morgan fingerprint density at radius 3 is 2.82 bits per heavy atom. The molecule has 5 heteroatoms. The summed E-state index contributed by atoms with van der Waals surface area (Å²) >= 11 is 0. The van der Waals surface area contributed by atoms with Crippen LogP contribution in [-0.2, 0) is 10.0 Å². The highest BCUT2D eigenvalue weighted by molar-refractivity contribution is 7.89. The number of nitrogens with zero attached hydrogens (tertiary/aromatic N) is 1. The van der Waals surface area contributed by atoms with Crippen molar-refractivity contribution in [1.29, 1.82) is 0 Å². The van der Waals surface area contributed by atoms with Gasteiger partial charge in [0.1, 0.15) is 0 Å². The first-order valence-corrected chi connectivity index (χ1v) is 5.31. The summed E-state index contributed by atoms with van der Waals surface area (Å²) in [5, 5.41) is 3.06. The lowest BCUT2D eigenvalue weighted by molar-refractivity contribution is 0.390. The second kappa shape index (κ2) is 3.08. The van der Waals surface area contributed by atoms with Gasteiger partial charge in [0.05, 0.1) is 5.75 Å². The number of sulfonamides is 1. The molecule has 1 aliphatic rings. The van der Waals surface area contributed by atoms with E-state index in [0.717, 1.165) is 6.54 Å². The summed E-state index contributed by atoms with van der Waals surface area (Å²) < 4.78 is 24.0. The fourth-order valence-corrected chi connectivity index (χ4v) is 2.37. The Bertz CT molecular complexity index is 225. The molecule has 11 heavy (non-hydrogen) atoms. The molecule has 0 aromatic carbocycles. The zero-order chi connectivity index (χ0) is 8.48. The predicted molar refractivity (Wildman–Crippen MR) is 43.9 cm³/mol. The van der Waals surface area contributed by atoms with Gasteiger partial charge in [-0.25, -0.2) is 12.7 Å². The van der Waals surface area contributed by atoms with Crippen molar-refractivity contribution in [2.75, 3.05) is 25.9 Å². The van der Waals surface area contributed by atoms with Crippen molar-refractivity contribution in [3.63, 3.8) is 0 Å². The maximum atomic E-state index is 11.3. The summed E-state index contributed by atoms with van der Waals surface area (Å²) in [6.45, 7) is 3.21. The van der Waals surface area contributed by atoms with Gasteiger partial charge in [0.25, 0.3) is 0 Å². The molecular weight excluding hydrogens is 164 g/mol. The van der Waals surface area contributed by atoms with Gasteiger partial charge in [-0.3, -0.25) is 0 Å². The number of likely N-dealkylation sites (N-methyl/N-ethyl adjacent to an activating group) is 1. The predicted octanol–water partition coefficient (Wildman–Crippen LogP) is -0.760. The quantitative estimate of drug-likeness (QED) is 0.530. The third kappa shape index (κ3) is 1.91. The number of hydrogen-bond donors (Lipinski definition) is 1. The summed E-state index contributed by atoms with van der Waals surface area (Å²) in [4.78, 5) is 0. The Balaban J connectivity index is 2.82. The lowest BCUT2D eigenvalue weighted by Gasteiger charge is -2.19. The van der Waals surface area contributed by atoms with Crippen LogP contribution in [0.4, 0.5) is 0 Å². The third-order valence-electron chi connectivity index (χ3n) is 2.04. The molecule has 0 aromatic rings. The van der Waals surface area contributed by atoms with E-state index >= 15 is 0 Å². The third-order valence-corrected chi connectivity index (χ3v) is 3.99. The lowest BCUT2D eigenvalue weighted by Crippen LogP contribution is -2.37. The van der Waals surface area contributed by atoms with E-state index in [4.69, 9.17) is 0 Å². The minimum Gasteiger partial charge on any atom is -0.314 e. The van der Waals surface area contributed by atoms with E-state index in [9.17, 15) is 8.42 Å². The van der Waals surface area contributed by atoms with Gasteiger partial charge in [0.2, 0.25) is 10.0 Å². The molecule has 0 aromatic heterocycles. The van der Waals surface area contributed by atoms with Crippen LogP contribution in [-0.4, -0.2) is 44.7 Å². The van der Waals surface area contributed by atoms with Crippen LogP contribution >= 0.6 is 0 Å². The number of hydrogen-bond acceptors (Lipinski definition) is 3. The Morgan fingerprint density at radius 2 is 2.18 bits per heavy atom. The summed E-state index contributed by atoms with van der Waals surface area (Å²) in [6, 6.07) is 0.0718. The first kappa shape index (κ1) is 8.96. The highest BCUT2D eigenvalue weighted by Crippen LogP contribution is 2.05. The summed E-state index contributed by atoms with van der Waals surface area (Å²) in [5.74, 6) is 0.216. The van der Waals surface area contributed by atoms with Crippen molar-refractivity contribution in [2.45, 2.75) is 13.0 Å². The van der Waals surface area contributed by atoms with Crippen LogP contribution in [0.15, 0.2) is 0 Å². The molecule has 0 amide bonds. The Labute approximate surface area is 67.6 Å². The van der Waals surface area contributed by atoms with Gasteiger partial charge >= 0.3 is 0 Å². The van der Waals surface area contributed by atoms with Crippen molar-refractivity contribution in [2.24, 2.45) is 0 Å². The van der Waals surface area contributed by atoms with Crippen molar-refractivity contribution in [3.05, 3.63) is 0 Å².